The summed E-state index contributed by atoms with van der Waals surface area (Å²) in [6.45, 7) is 4.93. The zero-order valence-corrected chi connectivity index (χ0v) is 28.4. The summed E-state index contributed by atoms with van der Waals surface area (Å²) in [6.07, 6.45) is 3.67. The first-order valence-electron chi connectivity index (χ1n) is 16.6. The van der Waals surface area contributed by atoms with Crippen molar-refractivity contribution in [2.45, 2.75) is 45.1 Å². The number of benzene rings is 3. The number of halogens is 1. The number of nitrogens with zero attached hydrogens (tertiary/aromatic N) is 4. The number of tetrazole rings is 1. The van der Waals surface area contributed by atoms with Crippen molar-refractivity contribution >= 4 is 35.8 Å². The maximum atomic E-state index is 13.7. The van der Waals surface area contributed by atoms with Crippen LogP contribution in [0.3, 0.4) is 0 Å². The minimum atomic E-state index is -0.788. The molecule has 2 fully saturated rings. The molecule has 1 saturated carbocycles. The summed E-state index contributed by atoms with van der Waals surface area (Å²) in [7, 11) is 0. The number of amides is 3. The second-order valence-electron chi connectivity index (χ2n) is 12.7. The van der Waals surface area contributed by atoms with E-state index in [2.05, 4.69) is 31.3 Å². The van der Waals surface area contributed by atoms with Gasteiger partial charge in [0.05, 0.1) is 13.2 Å². The molecule has 1 atom stereocenters. The average molecular weight is 687 g/mol. The number of morpholine rings is 1. The van der Waals surface area contributed by atoms with Crippen LogP contribution >= 0.6 is 12.4 Å². The number of H-pyrrole nitrogens is 1. The topological polar surface area (TPSA) is 168 Å². The largest absolute Gasteiger partial charge is 0.378 e. The molecule has 0 bridgehead atoms. The van der Waals surface area contributed by atoms with Gasteiger partial charge in [0.25, 0.3) is 5.91 Å². The van der Waals surface area contributed by atoms with Crippen molar-refractivity contribution in [3.8, 4) is 22.5 Å². The fourth-order valence-electron chi connectivity index (χ4n) is 6.45. The van der Waals surface area contributed by atoms with E-state index in [9.17, 15) is 14.4 Å². The third kappa shape index (κ3) is 8.88. The monoisotopic (exact) mass is 686 g/mol. The molecule has 49 heavy (non-hydrogen) atoms. The van der Waals surface area contributed by atoms with E-state index >= 15 is 0 Å². The fraction of sp³-hybridized carbons (Fsp3) is 0.389. The van der Waals surface area contributed by atoms with E-state index in [0.717, 1.165) is 53.5 Å². The van der Waals surface area contributed by atoms with Gasteiger partial charge < -0.3 is 26.0 Å². The number of nitrogens with two attached hydrogens (primary N) is 1. The van der Waals surface area contributed by atoms with E-state index in [1.165, 1.54) is 0 Å². The van der Waals surface area contributed by atoms with Crippen molar-refractivity contribution < 1.29 is 19.1 Å². The third-order valence-corrected chi connectivity index (χ3v) is 9.43. The van der Waals surface area contributed by atoms with E-state index in [1.54, 1.807) is 24.3 Å². The van der Waals surface area contributed by atoms with Gasteiger partial charge in [-0.1, -0.05) is 30.3 Å². The molecular weight excluding hydrogens is 644 g/mol. The molecule has 1 saturated heterocycles. The van der Waals surface area contributed by atoms with Crippen LogP contribution in [0.15, 0.2) is 66.7 Å². The van der Waals surface area contributed by atoms with Gasteiger partial charge >= 0.3 is 0 Å². The molecule has 1 aliphatic heterocycles. The highest BCUT2D eigenvalue weighted by Gasteiger charge is 2.29. The van der Waals surface area contributed by atoms with Crippen molar-refractivity contribution in [1.29, 1.82) is 0 Å². The molecule has 0 unspecified atom stereocenters. The highest BCUT2D eigenvalue weighted by molar-refractivity contribution is 5.98. The second kappa shape index (κ2) is 16.6. The molecule has 2 aliphatic rings. The Bertz CT molecular complexity index is 1700. The molecule has 6 rings (SSSR count). The molecule has 1 aromatic heterocycles. The number of hydrogen-bond acceptors (Lipinski definition) is 8. The molecule has 258 valence electrons. The lowest BCUT2D eigenvalue weighted by Crippen LogP contribution is -2.48. The summed E-state index contributed by atoms with van der Waals surface area (Å²) in [5.74, 6) is 0.352. The fourth-order valence-corrected chi connectivity index (χ4v) is 6.45. The van der Waals surface area contributed by atoms with Crippen molar-refractivity contribution in [3.63, 3.8) is 0 Å². The Hall–Kier alpha value is -4.65. The van der Waals surface area contributed by atoms with Gasteiger partial charge in [0.2, 0.25) is 17.6 Å². The maximum Gasteiger partial charge on any atom is 0.254 e. The Morgan fingerprint density at radius 2 is 1.65 bits per heavy atom. The molecule has 1 aliphatic carbocycles. The highest BCUT2D eigenvalue weighted by atomic mass is 35.5. The van der Waals surface area contributed by atoms with Crippen LogP contribution in [-0.4, -0.2) is 82.1 Å². The lowest BCUT2D eigenvalue weighted by atomic mass is 9.81. The van der Waals surface area contributed by atoms with E-state index in [-0.39, 0.29) is 36.0 Å². The van der Waals surface area contributed by atoms with E-state index in [1.807, 2.05) is 54.3 Å². The van der Waals surface area contributed by atoms with Crippen LogP contribution in [-0.2, 0) is 20.7 Å². The van der Waals surface area contributed by atoms with Crippen LogP contribution in [0, 0.1) is 18.8 Å². The molecule has 4 aromatic rings. The smallest absolute Gasteiger partial charge is 0.254 e. The van der Waals surface area contributed by atoms with Crippen molar-refractivity contribution in [2.75, 3.05) is 38.2 Å². The number of ether oxygens (including phenoxy) is 1. The Labute approximate surface area is 292 Å². The number of aromatic amines is 1. The normalized spacial score (nSPS) is 18.2. The number of aromatic nitrogens is 4. The van der Waals surface area contributed by atoms with Crippen molar-refractivity contribution in [3.05, 3.63) is 83.4 Å². The lowest BCUT2D eigenvalue weighted by molar-refractivity contribution is -0.130. The summed E-state index contributed by atoms with van der Waals surface area (Å²) < 4.78 is 5.40. The summed E-state index contributed by atoms with van der Waals surface area (Å²) in [4.78, 5) is 42.1. The van der Waals surface area contributed by atoms with Gasteiger partial charge in [0.15, 0.2) is 0 Å². The Morgan fingerprint density at radius 3 is 2.31 bits per heavy atom. The van der Waals surface area contributed by atoms with Crippen LogP contribution in [0.5, 0.6) is 0 Å². The summed E-state index contributed by atoms with van der Waals surface area (Å²) in [5, 5.41) is 20.0. The minimum Gasteiger partial charge on any atom is -0.378 e. The van der Waals surface area contributed by atoms with Crippen molar-refractivity contribution in [1.82, 2.24) is 30.8 Å². The van der Waals surface area contributed by atoms with Gasteiger partial charge in [-0.2, -0.15) is 5.21 Å². The van der Waals surface area contributed by atoms with Gasteiger partial charge in [-0.05, 0) is 109 Å². The van der Waals surface area contributed by atoms with Crippen LogP contribution in [0.2, 0.25) is 0 Å². The first-order chi connectivity index (χ1) is 23.4. The Balaban J connectivity index is 0.00000468. The van der Waals surface area contributed by atoms with Gasteiger partial charge in [-0.15, -0.1) is 22.6 Å². The van der Waals surface area contributed by atoms with Crippen LogP contribution in [0.1, 0.15) is 47.2 Å². The number of carbonyl (C=O) groups is 3. The zero-order valence-electron chi connectivity index (χ0n) is 27.6. The van der Waals surface area contributed by atoms with Gasteiger partial charge in [0.1, 0.15) is 6.04 Å². The zero-order chi connectivity index (χ0) is 33.5. The van der Waals surface area contributed by atoms with Crippen LogP contribution in [0.4, 0.5) is 5.69 Å². The average Bonchev–Trinajstić information content (AvgIpc) is 3.68. The molecule has 3 aromatic carbocycles. The van der Waals surface area contributed by atoms with Gasteiger partial charge in [-0.3, -0.25) is 14.4 Å². The number of anilines is 1. The number of rotatable bonds is 10. The molecule has 5 N–H and O–H groups in total. The number of hydrogen-bond donors (Lipinski definition) is 4. The first-order valence-corrected chi connectivity index (χ1v) is 16.6. The number of nitrogens with one attached hydrogen (secondary N) is 3. The molecular formula is C36H43ClN8O4. The number of aryl methyl sites for hydroxylation is 1. The quantitative estimate of drug-likeness (QED) is 0.193. The lowest BCUT2D eigenvalue weighted by Gasteiger charge is -2.28. The molecule has 3 amide bonds. The third-order valence-electron chi connectivity index (χ3n) is 9.43. The van der Waals surface area contributed by atoms with Crippen LogP contribution in [0.25, 0.3) is 22.5 Å². The van der Waals surface area contributed by atoms with E-state index < -0.39 is 6.04 Å². The standard InChI is InChI=1S/C36H42N8O4.ClH/c1-23-2-7-29(36(47)44-16-18-48-19-17-44)21-31(23)26-8-3-24(4-9-26)20-32(39-34(45)28-10-5-25(22-37)6-11-28)35(46)38-30-14-12-27(13-15-30)33-40-42-43-41-33;/h2-4,7-9,12-15,21,25,28,32H,5-6,10-11,16-20,22,37H2,1H3,(H,38,46)(H,39,45)(H,40,41,42,43);1H/t25-,28-,32-;/m0./s1. The SMILES string of the molecule is Cc1ccc(C(=O)N2CCOCC2)cc1-c1ccc(C[C@H](NC(=O)[C@H]2CC[C@H](CN)CC2)C(=O)Nc2ccc(-c3nn[nH]n3)cc2)cc1.Cl. The maximum absolute atomic E-state index is 13.7. The molecule has 0 spiro atoms. The summed E-state index contributed by atoms with van der Waals surface area (Å²) >= 11 is 0. The Kier molecular flexibility index (Phi) is 12.1. The minimum absolute atomic E-state index is 0. The van der Waals surface area contributed by atoms with Crippen molar-refractivity contribution in [2.24, 2.45) is 17.6 Å². The Morgan fingerprint density at radius 1 is 0.959 bits per heavy atom. The highest BCUT2D eigenvalue weighted by Crippen LogP contribution is 2.29. The van der Waals surface area contributed by atoms with E-state index in [4.69, 9.17) is 10.5 Å². The van der Waals surface area contributed by atoms with Gasteiger partial charge in [-0.25, -0.2) is 0 Å². The first kappa shape index (κ1) is 35.7. The summed E-state index contributed by atoms with van der Waals surface area (Å²) in [5.41, 5.74) is 11.8. The van der Waals surface area contributed by atoms with E-state index in [0.29, 0.717) is 62.3 Å². The predicted octanol–water partition coefficient (Wildman–Crippen LogP) is 4.17. The van der Waals surface area contributed by atoms with Gasteiger partial charge in [0, 0.05) is 42.2 Å². The summed E-state index contributed by atoms with van der Waals surface area (Å²) in [6, 6.07) is 20.1. The second-order valence-corrected chi connectivity index (χ2v) is 12.7. The molecule has 12 nitrogen and oxygen atoms in total. The molecule has 13 heteroatoms. The predicted molar refractivity (Wildman–Crippen MR) is 189 cm³/mol. The number of carbonyl (C=O) groups excluding carboxylic acids is 3. The molecule has 2 heterocycles. The molecule has 0 radical (unpaired) electrons. The van der Waals surface area contributed by atoms with Crippen LogP contribution < -0.4 is 16.4 Å².